The Morgan fingerprint density at radius 2 is 2.17 bits per heavy atom. The van der Waals surface area contributed by atoms with Crippen LogP contribution in [0.25, 0.3) is 5.57 Å². The number of hydrogen-bond acceptors (Lipinski definition) is 0. The highest BCUT2D eigenvalue weighted by atomic mass is 35.5. The molecular formula is C9H7Cl2F. The molecule has 0 radical (unpaired) electrons. The third kappa shape index (κ3) is 1.99. The fourth-order valence-electron chi connectivity index (χ4n) is 0.840. The highest BCUT2D eigenvalue weighted by molar-refractivity contribution is 6.33. The molecule has 1 aromatic rings. The molecule has 0 aliphatic rings. The van der Waals surface area contributed by atoms with E-state index in [0.717, 1.165) is 0 Å². The van der Waals surface area contributed by atoms with Crippen LogP contribution in [0.3, 0.4) is 0 Å². The van der Waals surface area contributed by atoms with Gasteiger partial charge in [0.25, 0.3) is 0 Å². The van der Waals surface area contributed by atoms with Gasteiger partial charge in [-0.15, -0.1) is 11.6 Å². The van der Waals surface area contributed by atoms with Gasteiger partial charge in [-0.05, 0) is 29.3 Å². The third-order valence-electron chi connectivity index (χ3n) is 1.47. The summed E-state index contributed by atoms with van der Waals surface area (Å²) in [7, 11) is 0. The molecule has 12 heavy (non-hydrogen) atoms. The maximum atomic E-state index is 12.7. The number of rotatable bonds is 2. The lowest BCUT2D eigenvalue weighted by Gasteiger charge is -2.03. The Kier molecular flexibility index (Phi) is 3.12. The van der Waals surface area contributed by atoms with Gasteiger partial charge >= 0.3 is 0 Å². The van der Waals surface area contributed by atoms with Crippen molar-refractivity contribution >= 4 is 28.8 Å². The lowest BCUT2D eigenvalue weighted by atomic mass is 10.1. The van der Waals surface area contributed by atoms with Crippen LogP contribution in [0, 0.1) is 5.82 Å². The van der Waals surface area contributed by atoms with Crippen LogP contribution < -0.4 is 0 Å². The molecule has 64 valence electrons. The molecule has 3 heteroatoms. The van der Waals surface area contributed by atoms with Gasteiger partial charge in [0.15, 0.2) is 0 Å². The topological polar surface area (TPSA) is 0 Å². The zero-order chi connectivity index (χ0) is 9.14. The minimum Gasteiger partial charge on any atom is -0.207 e. The number of alkyl halides is 1. The van der Waals surface area contributed by atoms with E-state index in [9.17, 15) is 4.39 Å². The van der Waals surface area contributed by atoms with Crippen molar-refractivity contribution in [3.63, 3.8) is 0 Å². The molecule has 1 rings (SSSR count). The molecule has 0 unspecified atom stereocenters. The van der Waals surface area contributed by atoms with Gasteiger partial charge in [-0.3, -0.25) is 0 Å². The summed E-state index contributed by atoms with van der Waals surface area (Å²) in [5.41, 5.74) is 1.20. The largest absolute Gasteiger partial charge is 0.207 e. The van der Waals surface area contributed by atoms with Gasteiger partial charge in [-0.25, -0.2) is 4.39 Å². The van der Waals surface area contributed by atoms with E-state index in [-0.39, 0.29) is 11.7 Å². The van der Waals surface area contributed by atoms with Crippen molar-refractivity contribution in [2.24, 2.45) is 0 Å². The molecule has 0 spiro atoms. The molecule has 0 aliphatic heterocycles. The molecule has 0 nitrogen and oxygen atoms in total. The second-order valence-electron chi connectivity index (χ2n) is 2.36. The summed E-state index contributed by atoms with van der Waals surface area (Å²) in [6.45, 7) is 3.66. The molecule has 0 bridgehead atoms. The van der Waals surface area contributed by atoms with Crippen LogP contribution in [-0.4, -0.2) is 5.88 Å². The van der Waals surface area contributed by atoms with Gasteiger partial charge in [0, 0.05) is 10.9 Å². The molecule has 0 fully saturated rings. The summed E-state index contributed by atoms with van der Waals surface area (Å²) in [6, 6.07) is 4.12. The normalized spacial score (nSPS) is 9.92. The van der Waals surface area contributed by atoms with Gasteiger partial charge in [0.2, 0.25) is 0 Å². The fraction of sp³-hybridized carbons (Fsp3) is 0.111. The molecule has 1 aromatic carbocycles. The first kappa shape index (κ1) is 9.56. The van der Waals surface area contributed by atoms with Gasteiger partial charge < -0.3 is 0 Å². The zero-order valence-electron chi connectivity index (χ0n) is 6.28. The van der Waals surface area contributed by atoms with E-state index < -0.39 is 0 Å². The SMILES string of the molecule is C=C(CCl)c1cc(F)ccc1Cl. The maximum Gasteiger partial charge on any atom is 0.123 e. The average Bonchev–Trinajstić information content (AvgIpc) is 2.08. The zero-order valence-corrected chi connectivity index (χ0v) is 7.79. The third-order valence-corrected chi connectivity index (χ3v) is 2.12. The van der Waals surface area contributed by atoms with Crippen molar-refractivity contribution in [3.8, 4) is 0 Å². The van der Waals surface area contributed by atoms with Crippen LogP contribution in [0.4, 0.5) is 4.39 Å². The quantitative estimate of drug-likeness (QED) is 0.645. The van der Waals surface area contributed by atoms with E-state index in [1.165, 1.54) is 18.2 Å². The number of benzene rings is 1. The van der Waals surface area contributed by atoms with Gasteiger partial charge in [0.1, 0.15) is 5.82 Å². The Labute approximate surface area is 80.6 Å². The van der Waals surface area contributed by atoms with Crippen molar-refractivity contribution in [1.29, 1.82) is 0 Å². The molecule has 0 N–H and O–H groups in total. The molecule has 0 atom stereocenters. The van der Waals surface area contributed by atoms with E-state index in [1.807, 2.05) is 0 Å². The fourth-order valence-corrected chi connectivity index (χ4v) is 1.24. The minimum atomic E-state index is -0.333. The Morgan fingerprint density at radius 3 is 2.75 bits per heavy atom. The Bertz CT molecular complexity index is 307. The monoisotopic (exact) mass is 204 g/mol. The summed E-state index contributed by atoms with van der Waals surface area (Å²) < 4.78 is 12.7. The van der Waals surface area contributed by atoms with Crippen molar-refractivity contribution in [1.82, 2.24) is 0 Å². The van der Waals surface area contributed by atoms with Crippen LogP contribution in [0.5, 0.6) is 0 Å². The number of hydrogen-bond donors (Lipinski definition) is 0. The van der Waals surface area contributed by atoms with Crippen molar-refractivity contribution < 1.29 is 4.39 Å². The number of allylic oxidation sites excluding steroid dienone is 1. The van der Waals surface area contributed by atoms with Crippen molar-refractivity contribution in [2.45, 2.75) is 0 Å². The molecule has 0 saturated heterocycles. The van der Waals surface area contributed by atoms with E-state index in [1.54, 1.807) is 0 Å². The molecule has 0 aromatic heterocycles. The minimum absolute atomic E-state index is 0.253. The predicted octanol–water partition coefficient (Wildman–Crippen LogP) is 3.73. The second-order valence-corrected chi connectivity index (χ2v) is 3.04. The highest BCUT2D eigenvalue weighted by Crippen LogP contribution is 2.24. The lowest BCUT2D eigenvalue weighted by Crippen LogP contribution is -1.87. The first-order valence-corrected chi connectivity index (χ1v) is 4.25. The van der Waals surface area contributed by atoms with Gasteiger partial charge in [-0.2, -0.15) is 0 Å². The van der Waals surface area contributed by atoms with Gasteiger partial charge in [0.05, 0.1) is 0 Å². The smallest absolute Gasteiger partial charge is 0.123 e. The molecule has 0 aliphatic carbocycles. The predicted molar refractivity (Wildman–Crippen MR) is 51.2 cm³/mol. The summed E-state index contributed by atoms with van der Waals surface area (Å²) in [5.74, 6) is -0.0796. The van der Waals surface area contributed by atoms with Crippen LogP contribution >= 0.6 is 23.2 Å². The molecule has 0 heterocycles. The first-order chi connectivity index (χ1) is 5.65. The summed E-state index contributed by atoms with van der Waals surface area (Å²) in [4.78, 5) is 0. The molecular weight excluding hydrogens is 198 g/mol. The summed E-state index contributed by atoms with van der Waals surface area (Å²) in [5, 5.41) is 0.474. The number of halogens is 3. The lowest BCUT2D eigenvalue weighted by molar-refractivity contribution is 0.627. The molecule has 0 saturated carbocycles. The summed E-state index contributed by atoms with van der Waals surface area (Å²) in [6.07, 6.45) is 0. The van der Waals surface area contributed by atoms with E-state index in [0.29, 0.717) is 16.2 Å². The average molecular weight is 205 g/mol. The van der Waals surface area contributed by atoms with Crippen LogP contribution in [-0.2, 0) is 0 Å². The first-order valence-electron chi connectivity index (χ1n) is 3.34. The van der Waals surface area contributed by atoms with Crippen molar-refractivity contribution in [3.05, 3.63) is 41.2 Å². The van der Waals surface area contributed by atoms with Gasteiger partial charge in [-0.1, -0.05) is 18.2 Å². The molecule has 0 amide bonds. The Morgan fingerprint density at radius 1 is 1.50 bits per heavy atom. The van der Waals surface area contributed by atoms with E-state index >= 15 is 0 Å². The van der Waals surface area contributed by atoms with E-state index in [4.69, 9.17) is 23.2 Å². The standard InChI is InChI=1S/C9H7Cl2F/c1-6(5-10)8-4-7(12)2-3-9(8)11/h2-4H,1,5H2. The van der Waals surface area contributed by atoms with Crippen LogP contribution in [0.1, 0.15) is 5.56 Å². The second kappa shape index (κ2) is 3.92. The Hall–Kier alpha value is -0.530. The van der Waals surface area contributed by atoms with Crippen molar-refractivity contribution in [2.75, 3.05) is 5.88 Å². The highest BCUT2D eigenvalue weighted by Gasteiger charge is 2.04. The van der Waals surface area contributed by atoms with Crippen LogP contribution in [0.15, 0.2) is 24.8 Å². The maximum absolute atomic E-state index is 12.7. The summed E-state index contributed by atoms with van der Waals surface area (Å²) >= 11 is 11.3. The van der Waals surface area contributed by atoms with Crippen LogP contribution in [0.2, 0.25) is 5.02 Å². The Balaban J connectivity index is 3.13. The van der Waals surface area contributed by atoms with E-state index in [2.05, 4.69) is 6.58 Å².